The molecule has 0 amide bonds. The first-order chi connectivity index (χ1) is 10.2. The van der Waals surface area contributed by atoms with Crippen LogP contribution in [0.4, 0.5) is 0 Å². The number of esters is 1. The fourth-order valence-electron chi connectivity index (χ4n) is 2.32. The molecule has 0 bridgehead atoms. The van der Waals surface area contributed by atoms with Gasteiger partial charge in [0.05, 0.1) is 5.92 Å². The fourth-order valence-corrected chi connectivity index (χ4v) is 2.32. The van der Waals surface area contributed by atoms with Crippen molar-refractivity contribution in [1.82, 2.24) is 0 Å². The van der Waals surface area contributed by atoms with Crippen molar-refractivity contribution in [3.8, 4) is 0 Å². The first kappa shape index (κ1) is 20.2. The van der Waals surface area contributed by atoms with Gasteiger partial charge in [0.2, 0.25) is 0 Å². The Labute approximate surface area is 132 Å². The quantitative estimate of drug-likeness (QED) is 0.221. The lowest BCUT2D eigenvalue weighted by Gasteiger charge is -2.10. The Bertz CT molecular complexity index is 258. The van der Waals surface area contributed by atoms with E-state index in [0.29, 0.717) is 6.61 Å². The van der Waals surface area contributed by atoms with E-state index in [0.717, 1.165) is 19.3 Å². The van der Waals surface area contributed by atoms with Crippen molar-refractivity contribution in [3.63, 3.8) is 0 Å². The van der Waals surface area contributed by atoms with Crippen LogP contribution in [-0.4, -0.2) is 12.6 Å². The minimum atomic E-state index is -0.0406. The van der Waals surface area contributed by atoms with Gasteiger partial charge < -0.3 is 4.74 Å². The molecule has 0 aliphatic carbocycles. The summed E-state index contributed by atoms with van der Waals surface area (Å²) < 4.78 is 5.28. The smallest absolute Gasteiger partial charge is 0.308 e. The van der Waals surface area contributed by atoms with E-state index in [1.165, 1.54) is 51.4 Å². The van der Waals surface area contributed by atoms with Gasteiger partial charge in [0.1, 0.15) is 6.61 Å². The Morgan fingerprint density at radius 2 is 1.52 bits per heavy atom. The van der Waals surface area contributed by atoms with E-state index in [9.17, 15) is 4.79 Å². The summed E-state index contributed by atoms with van der Waals surface area (Å²) in [5.74, 6) is 0.00528. The van der Waals surface area contributed by atoms with Gasteiger partial charge in [-0.2, -0.15) is 0 Å². The molecule has 21 heavy (non-hydrogen) atoms. The summed E-state index contributed by atoms with van der Waals surface area (Å²) >= 11 is 0. The summed E-state index contributed by atoms with van der Waals surface area (Å²) in [5, 5.41) is 0. The number of rotatable bonds is 14. The zero-order chi connectivity index (χ0) is 15.8. The summed E-state index contributed by atoms with van der Waals surface area (Å²) in [6.07, 6.45) is 17.6. The average Bonchev–Trinajstić information content (AvgIpc) is 2.49. The van der Waals surface area contributed by atoms with E-state index in [4.69, 9.17) is 4.74 Å². The van der Waals surface area contributed by atoms with Crippen LogP contribution in [0.25, 0.3) is 0 Å². The highest BCUT2D eigenvalue weighted by atomic mass is 16.5. The molecule has 0 heterocycles. The second-order valence-electron chi connectivity index (χ2n) is 6.05. The van der Waals surface area contributed by atoms with Crippen molar-refractivity contribution in [2.75, 3.05) is 6.61 Å². The highest BCUT2D eigenvalue weighted by Gasteiger charge is 2.12. The van der Waals surface area contributed by atoms with E-state index in [-0.39, 0.29) is 11.9 Å². The molecule has 0 saturated carbocycles. The van der Waals surface area contributed by atoms with Crippen LogP contribution in [0.15, 0.2) is 12.2 Å². The van der Waals surface area contributed by atoms with Gasteiger partial charge in [-0.3, -0.25) is 4.79 Å². The number of unbranched alkanes of at least 4 members (excludes halogenated alkanes) is 8. The summed E-state index contributed by atoms with van der Waals surface area (Å²) in [5.41, 5.74) is 0. The normalized spacial score (nSPS) is 12.7. The summed E-state index contributed by atoms with van der Waals surface area (Å²) in [4.78, 5) is 11.8. The molecule has 0 radical (unpaired) electrons. The Morgan fingerprint density at radius 3 is 2.19 bits per heavy atom. The van der Waals surface area contributed by atoms with Gasteiger partial charge in [-0.05, 0) is 19.3 Å². The predicted molar refractivity (Wildman–Crippen MR) is 91.4 cm³/mol. The van der Waals surface area contributed by atoms with Crippen molar-refractivity contribution in [2.24, 2.45) is 5.92 Å². The molecule has 0 saturated heterocycles. The van der Waals surface area contributed by atoms with Crippen molar-refractivity contribution in [2.45, 2.75) is 91.4 Å². The molecule has 0 aromatic heterocycles. The summed E-state index contributed by atoms with van der Waals surface area (Å²) in [6.45, 7) is 6.86. The summed E-state index contributed by atoms with van der Waals surface area (Å²) in [7, 11) is 0. The van der Waals surface area contributed by atoms with Gasteiger partial charge in [-0.1, -0.05) is 84.3 Å². The third kappa shape index (κ3) is 13.9. The molecular weight excluding hydrogens is 260 g/mol. The van der Waals surface area contributed by atoms with Crippen LogP contribution in [0.3, 0.4) is 0 Å². The van der Waals surface area contributed by atoms with E-state index < -0.39 is 0 Å². The van der Waals surface area contributed by atoms with Gasteiger partial charge in [0, 0.05) is 0 Å². The third-order valence-electron chi connectivity index (χ3n) is 3.86. The van der Waals surface area contributed by atoms with Crippen LogP contribution in [0, 0.1) is 5.92 Å². The number of ether oxygens (including phenoxy) is 1. The average molecular weight is 296 g/mol. The van der Waals surface area contributed by atoms with Crippen molar-refractivity contribution >= 4 is 5.97 Å². The molecular formula is C19H36O2. The highest BCUT2D eigenvalue weighted by molar-refractivity contribution is 5.71. The molecule has 0 aliphatic rings. The van der Waals surface area contributed by atoms with Crippen LogP contribution >= 0.6 is 0 Å². The SMILES string of the molecule is CCCCCC/C=C\COC(=O)C(C)CCCCCCC. The molecule has 0 fully saturated rings. The van der Waals surface area contributed by atoms with Crippen LogP contribution in [-0.2, 0) is 9.53 Å². The topological polar surface area (TPSA) is 26.3 Å². The van der Waals surface area contributed by atoms with Crippen LogP contribution in [0.2, 0.25) is 0 Å². The number of carbonyl (C=O) groups excluding carboxylic acids is 1. The second kappa shape index (κ2) is 15.6. The lowest BCUT2D eigenvalue weighted by Crippen LogP contribution is -2.14. The largest absolute Gasteiger partial charge is 0.461 e. The number of hydrogen-bond acceptors (Lipinski definition) is 2. The van der Waals surface area contributed by atoms with E-state index in [1.807, 2.05) is 13.0 Å². The van der Waals surface area contributed by atoms with Crippen molar-refractivity contribution in [1.29, 1.82) is 0 Å². The van der Waals surface area contributed by atoms with Gasteiger partial charge in [0.25, 0.3) is 0 Å². The molecule has 2 heteroatoms. The summed E-state index contributed by atoms with van der Waals surface area (Å²) in [6, 6.07) is 0. The minimum Gasteiger partial charge on any atom is -0.461 e. The molecule has 0 rings (SSSR count). The van der Waals surface area contributed by atoms with E-state index >= 15 is 0 Å². The molecule has 0 N–H and O–H groups in total. The zero-order valence-electron chi connectivity index (χ0n) is 14.5. The molecule has 0 aliphatic heterocycles. The Balaban J connectivity index is 3.48. The minimum absolute atomic E-state index is 0.0406. The standard InChI is InChI=1S/C19H36O2/c1-4-6-8-10-11-13-15-17-21-19(20)18(3)16-14-12-9-7-5-2/h13,15,18H,4-12,14,16-17H2,1-3H3/b15-13-. The van der Waals surface area contributed by atoms with Gasteiger partial charge >= 0.3 is 5.97 Å². The number of hydrogen-bond donors (Lipinski definition) is 0. The van der Waals surface area contributed by atoms with Crippen LogP contribution in [0.5, 0.6) is 0 Å². The van der Waals surface area contributed by atoms with Crippen LogP contribution < -0.4 is 0 Å². The van der Waals surface area contributed by atoms with Crippen LogP contribution in [0.1, 0.15) is 91.4 Å². The molecule has 1 atom stereocenters. The molecule has 0 aromatic carbocycles. The Morgan fingerprint density at radius 1 is 0.905 bits per heavy atom. The molecule has 0 spiro atoms. The maximum atomic E-state index is 11.8. The molecule has 2 nitrogen and oxygen atoms in total. The van der Waals surface area contributed by atoms with Crippen molar-refractivity contribution < 1.29 is 9.53 Å². The molecule has 0 aromatic rings. The van der Waals surface area contributed by atoms with Crippen molar-refractivity contribution in [3.05, 3.63) is 12.2 Å². The third-order valence-corrected chi connectivity index (χ3v) is 3.86. The first-order valence-corrected chi connectivity index (χ1v) is 9.04. The molecule has 124 valence electrons. The lowest BCUT2D eigenvalue weighted by molar-refractivity contribution is -0.146. The maximum absolute atomic E-state index is 11.8. The fraction of sp³-hybridized carbons (Fsp3) is 0.842. The van der Waals surface area contributed by atoms with Gasteiger partial charge in [-0.15, -0.1) is 0 Å². The monoisotopic (exact) mass is 296 g/mol. The van der Waals surface area contributed by atoms with E-state index in [1.54, 1.807) is 0 Å². The lowest BCUT2D eigenvalue weighted by atomic mass is 10.0. The van der Waals surface area contributed by atoms with Gasteiger partial charge in [-0.25, -0.2) is 0 Å². The Kier molecular flexibility index (Phi) is 15.0. The van der Waals surface area contributed by atoms with Gasteiger partial charge in [0.15, 0.2) is 0 Å². The first-order valence-electron chi connectivity index (χ1n) is 9.04. The maximum Gasteiger partial charge on any atom is 0.308 e. The number of carbonyl (C=O) groups is 1. The number of allylic oxidation sites excluding steroid dienone is 1. The van der Waals surface area contributed by atoms with E-state index in [2.05, 4.69) is 19.9 Å². The second-order valence-corrected chi connectivity index (χ2v) is 6.05. The zero-order valence-corrected chi connectivity index (χ0v) is 14.5. The Hall–Kier alpha value is -0.790. The predicted octanol–water partition coefficient (Wildman–Crippen LogP) is 6.05. The highest BCUT2D eigenvalue weighted by Crippen LogP contribution is 2.12. The molecule has 1 unspecified atom stereocenters.